The summed E-state index contributed by atoms with van der Waals surface area (Å²) in [5.74, 6) is -1.61. The number of phenols is 2. The molecule has 3 N–H and O–H groups in total. The Bertz CT molecular complexity index is 784. The number of imidazole rings is 1. The van der Waals surface area contributed by atoms with Crippen molar-refractivity contribution in [3.8, 4) is 22.9 Å². The number of halogens is 2. The second-order valence-electron chi connectivity index (χ2n) is 4.07. The minimum absolute atomic E-state index is 0.0103. The van der Waals surface area contributed by atoms with E-state index in [4.69, 9.17) is 0 Å². The van der Waals surface area contributed by atoms with Crippen molar-refractivity contribution in [2.75, 3.05) is 0 Å². The van der Waals surface area contributed by atoms with Gasteiger partial charge < -0.3 is 15.2 Å². The van der Waals surface area contributed by atoms with E-state index in [1.807, 2.05) is 0 Å². The molecule has 0 spiro atoms. The molecule has 0 aliphatic heterocycles. The third kappa shape index (κ3) is 1.87. The van der Waals surface area contributed by atoms with Gasteiger partial charge in [-0.05, 0) is 18.2 Å². The van der Waals surface area contributed by atoms with Gasteiger partial charge in [-0.25, -0.2) is 13.8 Å². The van der Waals surface area contributed by atoms with Gasteiger partial charge in [0.2, 0.25) is 0 Å². The van der Waals surface area contributed by atoms with Crippen LogP contribution in [0.15, 0.2) is 30.3 Å². The molecule has 0 amide bonds. The number of phenolic OH excluding ortho intramolecular Hbond substituents is 2. The van der Waals surface area contributed by atoms with E-state index in [2.05, 4.69) is 9.97 Å². The predicted molar refractivity (Wildman–Crippen MR) is 64.8 cm³/mol. The van der Waals surface area contributed by atoms with Gasteiger partial charge in [-0.2, -0.15) is 0 Å². The fourth-order valence-corrected chi connectivity index (χ4v) is 1.89. The standard InChI is InChI=1S/C13H8F2N2O2/c14-6-3-9(15)12-10(4-6)16-13(17-12)8-2-1-7(18)5-11(8)19/h1-5,18-19H,(H,16,17). The average molecular weight is 262 g/mol. The molecule has 0 radical (unpaired) electrons. The summed E-state index contributed by atoms with van der Waals surface area (Å²) >= 11 is 0. The fourth-order valence-electron chi connectivity index (χ4n) is 1.89. The molecule has 1 heterocycles. The van der Waals surface area contributed by atoms with Crippen molar-refractivity contribution in [3.63, 3.8) is 0 Å². The lowest BCUT2D eigenvalue weighted by Crippen LogP contribution is -1.82. The van der Waals surface area contributed by atoms with Crippen LogP contribution in [0.25, 0.3) is 22.4 Å². The summed E-state index contributed by atoms with van der Waals surface area (Å²) in [4.78, 5) is 6.70. The van der Waals surface area contributed by atoms with Crippen LogP contribution < -0.4 is 0 Å². The van der Waals surface area contributed by atoms with Crippen LogP contribution in [0.1, 0.15) is 0 Å². The van der Waals surface area contributed by atoms with Crippen molar-refractivity contribution in [3.05, 3.63) is 42.0 Å². The average Bonchev–Trinajstić information content (AvgIpc) is 2.72. The number of aromatic nitrogens is 2. The Morgan fingerprint density at radius 1 is 1.05 bits per heavy atom. The Balaban J connectivity index is 2.23. The number of rotatable bonds is 1. The summed E-state index contributed by atoms with van der Waals surface area (Å²) in [6.07, 6.45) is 0. The zero-order valence-electron chi connectivity index (χ0n) is 9.48. The van der Waals surface area contributed by atoms with E-state index < -0.39 is 11.6 Å². The molecule has 3 rings (SSSR count). The number of benzene rings is 2. The molecule has 1 aromatic heterocycles. The van der Waals surface area contributed by atoms with E-state index in [0.29, 0.717) is 0 Å². The number of hydrogen-bond acceptors (Lipinski definition) is 3. The van der Waals surface area contributed by atoms with Gasteiger partial charge >= 0.3 is 0 Å². The van der Waals surface area contributed by atoms with Gasteiger partial charge in [0.15, 0.2) is 5.82 Å². The molecule has 0 saturated carbocycles. The summed E-state index contributed by atoms with van der Waals surface area (Å²) in [5.41, 5.74) is 0.470. The summed E-state index contributed by atoms with van der Waals surface area (Å²) in [6.45, 7) is 0. The third-order valence-corrected chi connectivity index (χ3v) is 2.74. The van der Waals surface area contributed by atoms with Gasteiger partial charge in [-0.15, -0.1) is 0 Å². The number of aromatic hydroxyl groups is 2. The van der Waals surface area contributed by atoms with Crippen LogP contribution in [0.3, 0.4) is 0 Å². The van der Waals surface area contributed by atoms with Gasteiger partial charge in [0.25, 0.3) is 0 Å². The second kappa shape index (κ2) is 3.94. The molecule has 0 bridgehead atoms. The summed E-state index contributed by atoms with van der Waals surface area (Å²) in [5, 5.41) is 18.9. The molecule has 6 heteroatoms. The molecule has 2 aromatic carbocycles. The molecule has 0 unspecified atom stereocenters. The Kier molecular flexibility index (Phi) is 2.38. The first-order valence-electron chi connectivity index (χ1n) is 5.42. The quantitative estimate of drug-likeness (QED) is 0.631. The van der Waals surface area contributed by atoms with Crippen LogP contribution in [-0.2, 0) is 0 Å². The number of hydrogen-bond donors (Lipinski definition) is 3. The second-order valence-corrected chi connectivity index (χ2v) is 4.07. The van der Waals surface area contributed by atoms with Gasteiger partial charge in [0.1, 0.15) is 28.7 Å². The van der Waals surface area contributed by atoms with Crippen molar-refractivity contribution in [2.24, 2.45) is 0 Å². The van der Waals surface area contributed by atoms with Crippen molar-refractivity contribution in [2.45, 2.75) is 0 Å². The number of H-pyrrole nitrogens is 1. The number of aromatic amines is 1. The number of fused-ring (bicyclic) bond motifs is 1. The van der Waals surface area contributed by atoms with Crippen LogP contribution in [0, 0.1) is 11.6 Å². The maximum absolute atomic E-state index is 13.5. The van der Waals surface area contributed by atoms with Gasteiger partial charge in [0, 0.05) is 12.1 Å². The lowest BCUT2D eigenvalue weighted by Gasteiger charge is -2.00. The lowest BCUT2D eigenvalue weighted by molar-refractivity contribution is 0.451. The fraction of sp³-hybridized carbons (Fsp3) is 0. The van der Waals surface area contributed by atoms with Crippen molar-refractivity contribution in [1.82, 2.24) is 9.97 Å². The van der Waals surface area contributed by atoms with E-state index >= 15 is 0 Å². The van der Waals surface area contributed by atoms with Crippen LogP contribution >= 0.6 is 0 Å². The van der Waals surface area contributed by atoms with Crippen LogP contribution in [-0.4, -0.2) is 20.2 Å². The largest absolute Gasteiger partial charge is 0.508 e. The Morgan fingerprint density at radius 3 is 2.58 bits per heavy atom. The highest BCUT2D eigenvalue weighted by molar-refractivity contribution is 5.81. The lowest BCUT2D eigenvalue weighted by atomic mass is 10.2. The van der Waals surface area contributed by atoms with E-state index in [1.54, 1.807) is 0 Å². The SMILES string of the molecule is Oc1ccc(-c2nc3c(F)cc(F)cc3[nH]2)c(O)c1. The number of nitrogens with zero attached hydrogens (tertiary/aromatic N) is 1. The Labute approximate surface area is 106 Å². The predicted octanol–water partition coefficient (Wildman–Crippen LogP) is 2.92. The highest BCUT2D eigenvalue weighted by Gasteiger charge is 2.13. The Morgan fingerprint density at radius 2 is 1.84 bits per heavy atom. The van der Waals surface area contributed by atoms with Crippen molar-refractivity contribution < 1.29 is 19.0 Å². The topological polar surface area (TPSA) is 69.1 Å². The molecule has 96 valence electrons. The monoisotopic (exact) mass is 262 g/mol. The van der Waals surface area contributed by atoms with Gasteiger partial charge in [-0.3, -0.25) is 0 Å². The number of nitrogens with one attached hydrogen (secondary N) is 1. The van der Waals surface area contributed by atoms with E-state index in [1.165, 1.54) is 12.1 Å². The third-order valence-electron chi connectivity index (χ3n) is 2.74. The molecular formula is C13H8F2N2O2. The summed E-state index contributed by atoms with van der Waals surface area (Å²) < 4.78 is 26.6. The molecule has 0 atom stereocenters. The Hall–Kier alpha value is -2.63. The highest BCUT2D eigenvalue weighted by atomic mass is 19.1. The van der Waals surface area contributed by atoms with Gasteiger partial charge in [0.05, 0.1) is 11.1 Å². The van der Waals surface area contributed by atoms with Gasteiger partial charge in [-0.1, -0.05) is 0 Å². The zero-order valence-corrected chi connectivity index (χ0v) is 9.48. The molecule has 0 saturated heterocycles. The maximum Gasteiger partial charge on any atom is 0.153 e. The van der Waals surface area contributed by atoms with E-state index in [0.717, 1.165) is 18.2 Å². The van der Waals surface area contributed by atoms with Crippen molar-refractivity contribution >= 4 is 11.0 Å². The first-order valence-corrected chi connectivity index (χ1v) is 5.42. The molecule has 0 aliphatic rings. The molecular weight excluding hydrogens is 254 g/mol. The first kappa shape index (κ1) is 11.5. The van der Waals surface area contributed by atoms with Crippen LogP contribution in [0.2, 0.25) is 0 Å². The first-order chi connectivity index (χ1) is 9.04. The van der Waals surface area contributed by atoms with E-state index in [-0.39, 0.29) is 33.9 Å². The molecule has 3 aromatic rings. The normalized spacial score (nSPS) is 11.1. The summed E-state index contributed by atoms with van der Waals surface area (Å²) in [7, 11) is 0. The molecule has 19 heavy (non-hydrogen) atoms. The van der Waals surface area contributed by atoms with Crippen LogP contribution in [0.4, 0.5) is 8.78 Å². The smallest absolute Gasteiger partial charge is 0.153 e. The zero-order chi connectivity index (χ0) is 13.6. The van der Waals surface area contributed by atoms with Crippen LogP contribution in [0.5, 0.6) is 11.5 Å². The minimum atomic E-state index is -0.782. The van der Waals surface area contributed by atoms with Crippen molar-refractivity contribution in [1.29, 1.82) is 0 Å². The van der Waals surface area contributed by atoms with E-state index in [9.17, 15) is 19.0 Å². The minimum Gasteiger partial charge on any atom is -0.508 e. The molecule has 0 aliphatic carbocycles. The maximum atomic E-state index is 13.5. The highest BCUT2D eigenvalue weighted by Crippen LogP contribution is 2.31. The molecule has 4 nitrogen and oxygen atoms in total. The molecule has 0 fully saturated rings. The summed E-state index contributed by atoms with van der Waals surface area (Å²) in [6, 6.07) is 5.78.